The summed E-state index contributed by atoms with van der Waals surface area (Å²) in [6.07, 6.45) is 1.61. The van der Waals surface area contributed by atoms with Crippen LogP contribution in [0.25, 0.3) is 6.08 Å². The van der Waals surface area contributed by atoms with Crippen LogP contribution in [0.5, 0.6) is 0 Å². The lowest BCUT2D eigenvalue weighted by Crippen LogP contribution is -2.28. The molecule has 0 unspecified atom stereocenters. The van der Waals surface area contributed by atoms with Gasteiger partial charge in [0.2, 0.25) is 0 Å². The summed E-state index contributed by atoms with van der Waals surface area (Å²) in [4.78, 5) is 25.4. The molecule has 0 radical (unpaired) electrons. The molecule has 0 saturated carbocycles. The maximum absolute atomic E-state index is 12.7. The second kappa shape index (κ2) is 7.17. The molecule has 2 aromatic rings. The van der Waals surface area contributed by atoms with Crippen molar-refractivity contribution in [1.29, 1.82) is 0 Å². The predicted molar refractivity (Wildman–Crippen MR) is 103 cm³/mol. The molecular formula is C17H8Cl2NO3S2-. The number of amides is 1. The Morgan fingerprint density at radius 3 is 2.64 bits per heavy atom. The average molecular weight is 409 g/mol. The molecule has 0 bridgehead atoms. The Bertz CT molecular complexity index is 943. The van der Waals surface area contributed by atoms with Gasteiger partial charge in [0.1, 0.15) is 0 Å². The zero-order valence-electron chi connectivity index (χ0n) is 12.4. The van der Waals surface area contributed by atoms with Gasteiger partial charge in [0.05, 0.1) is 26.6 Å². The van der Waals surface area contributed by atoms with Crippen LogP contribution in [-0.2, 0) is 4.79 Å². The van der Waals surface area contributed by atoms with E-state index in [1.165, 1.54) is 23.1 Å². The lowest BCUT2D eigenvalue weighted by Gasteiger charge is -2.15. The number of carboxylic acid groups (broad SMARTS) is 1. The van der Waals surface area contributed by atoms with Crippen LogP contribution in [-0.4, -0.2) is 16.2 Å². The Hall–Kier alpha value is -1.86. The van der Waals surface area contributed by atoms with E-state index in [0.717, 1.165) is 11.8 Å². The lowest BCUT2D eigenvalue weighted by atomic mass is 10.2. The first-order valence-corrected chi connectivity index (χ1v) is 8.90. The summed E-state index contributed by atoms with van der Waals surface area (Å²) >= 11 is 18.5. The molecule has 4 nitrogen and oxygen atoms in total. The third kappa shape index (κ3) is 3.57. The van der Waals surface area contributed by atoms with Crippen molar-refractivity contribution in [2.75, 3.05) is 4.90 Å². The minimum Gasteiger partial charge on any atom is -0.545 e. The molecule has 2 aromatic carbocycles. The number of carbonyl (C=O) groups excluding carboxylic acids is 2. The van der Waals surface area contributed by atoms with E-state index in [4.69, 9.17) is 35.4 Å². The van der Waals surface area contributed by atoms with Gasteiger partial charge in [0, 0.05) is 0 Å². The Morgan fingerprint density at radius 2 is 1.92 bits per heavy atom. The number of rotatable bonds is 3. The molecule has 25 heavy (non-hydrogen) atoms. The quantitative estimate of drug-likeness (QED) is 0.571. The monoisotopic (exact) mass is 408 g/mol. The molecule has 1 saturated heterocycles. The molecule has 1 fully saturated rings. The van der Waals surface area contributed by atoms with Crippen LogP contribution < -0.4 is 10.0 Å². The molecule has 1 amide bonds. The fraction of sp³-hybridized carbons (Fsp3) is 0. The van der Waals surface area contributed by atoms with Gasteiger partial charge >= 0.3 is 0 Å². The van der Waals surface area contributed by atoms with E-state index in [1.54, 1.807) is 30.3 Å². The van der Waals surface area contributed by atoms with E-state index in [1.807, 2.05) is 0 Å². The third-order valence-corrected chi connectivity index (χ3v) is 5.54. The van der Waals surface area contributed by atoms with Crippen molar-refractivity contribution in [2.45, 2.75) is 0 Å². The largest absolute Gasteiger partial charge is 0.545 e. The Morgan fingerprint density at radius 1 is 1.20 bits per heavy atom. The lowest BCUT2D eigenvalue weighted by molar-refractivity contribution is -0.255. The third-order valence-electron chi connectivity index (χ3n) is 3.40. The number of aromatic carboxylic acids is 1. The maximum Gasteiger partial charge on any atom is 0.270 e. The first-order valence-electron chi connectivity index (χ1n) is 6.92. The second-order valence-corrected chi connectivity index (χ2v) is 7.46. The molecule has 1 heterocycles. The Balaban J connectivity index is 1.98. The van der Waals surface area contributed by atoms with Crippen LogP contribution >= 0.6 is 47.2 Å². The Kier molecular flexibility index (Phi) is 5.15. The number of halogens is 2. The molecule has 8 heteroatoms. The highest BCUT2D eigenvalue weighted by Crippen LogP contribution is 2.37. The van der Waals surface area contributed by atoms with Crippen molar-refractivity contribution >= 4 is 75.1 Å². The van der Waals surface area contributed by atoms with Crippen molar-refractivity contribution in [3.8, 4) is 0 Å². The summed E-state index contributed by atoms with van der Waals surface area (Å²) in [5.41, 5.74) is 0.927. The van der Waals surface area contributed by atoms with Gasteiger partial charge < -0.3 is 9.90 Å². The zero-order chi connectivity index (χ0) is 18.1. The molecule has 0 aromatic heterocycles. The number of thioether (sulfide) groups is 1. The van der Waals surface area contributed by atoms with E-state index in [0.29, 0.717) is 30.5 Å². The van der Waals surface area contributed by atoms with Gasteiger partial charge in [0.15, 0.2) is 4.32 Å². The summed E-state index contributed by atoms with van der Waals surface area (Å²) in [5.74, 6) is -1.69. The molecular weight excluding hydrogens is 401 g/mol. The van der Waals surface area contributed by atoms with Crippen LogP contribution in [0.1, 0.15) is 15.9 Å². The highest BCUT2D eigenvalue weighted by molar-refractivity contribution is 8.27. The molecule has 126 valence electrons. The smallest absolute Gasteiger partial charge is 0.270 e. The highest BCUT2D eigenvalue weighted by atomic mass is 35.5. The predicted octanol–water partition coefficient (Wildman–Crippen LogP) is 3.76. The number of thiocarbonyl (C=S) groups is 1. The number of carbonyl (C=O) groups is 2. The van der Waals surface area contributed by atoms with Crippen molar-refractivity contribution in [3.63, 3.8) is 0 Å². The molecule has 1 aliphatic rings. The number of benzene rings is 2. The highest BCUT2D eigenvalue weighted by Gasteiger charge is 2.33. The standard InChI is InChI=1S/C17H9Cl2NO3S2/c18-12-6-2-3-9(14(12)19)8-13-15(21)20(17(24)25-13)11-5-1-4-10(7-11)16(22)23/h1-8H,(H,22,23)/p-1/b13-8+. The molecule has 0 spiro atoms. The summed E-state index contributed by atoms with van der Waals surface area (Å²) in [7, 11) is 0. The van der Waals surface area contributed by atoms with Crippen LogP contribution in [0.4, 0.5) is 5.69 Å². The molecule has 0 N–H and O–H groups in total. The number of hydrogen-bond donors (Lipinski definition) is 0. The van der Waals surface area contributed by atoms with Gasteiger partial charge in [-0.1, -0.05) is 71.4 Å². The fourth-order valence-corrected chi connectivity index (χ4v) is 3.89. The summed E-state index contributed by atoms with van der Waals surface area (Å²) in [5, 5.41) is 11.7. The minimum atomic E-state index is -1.33. The first-order chi connectivity index (χ1) is 11.9. The average Bonchev–Trinajstić information content (AvgIpc) is 2.86. The van der Waals surface area contributed by atoms with Crippen molar-refractivity contribution in [1.82, 2.24) is 0 Å². The van der Waals surface area contributed by atoms with E-state index >= 15 is 0 Å². The molecule has 0 atom stereocenters. The van der Waals surface area contributed by atoms with Gasteiger partial charge in [-0.3, -0.25) is 9.69 Å². The van der Waals surface area contributed by atoms with Gasteiger partial charge in [0.25, 0.3) is 5.91 Å². The van der Waals surface area contributed by atoms with Crippen molar-refractivity contribution < 1.29 is 14.7 Å². The fourth-order valence-electron chi connectivity index (χ4n) is 2.24. The SMILES string of the molecule is O=C([O-])c1cccc(N2C(=O)/C(=C\c3cccc(Cl)c3Cl)SC2=S)c1. The van der Waals surface area contributed by atoms with Crippen LogP contribution in [0.3, 0.4) is 0 Å². The summed E-state index contributed by atoms with van der Waals surface area (Å²) in [6, 6.07) is 11.0. The van der Waals surface area contributed by atoms with Crippen LogP contribution in [0.15, 0.2) is 47.4 Å². The number of hydrogen-bond acceptors (Lipinski definition) is 5. The van der Waals surface area contributed by atoms with E-state index in [9.17, 15) is 14.7 Å². The number of carboxylic acids is 1. The summed E-state index contributed by atoms with van der Waals surface area (Å²) in [6.45, 7) is 0. The molecule has 1 aliphatic heterocycles. The van der Waals surface area contributed by atoms with Gasteiger partial charge in [-0.15, -0.1) is 0 Å². The van der Waals surface area contributed by atoms with Crippen LogP contribution in [0, 0.1) is 0 Å². The first kappa shape index (κ1) is 17.9. The summed E-state index contributed by atoms with van der Waals surface area (Å²) < 4.78 is 0.296. The van der Waals surface area contributed by atoms with Crippen molar-refractivity contribution in [3.05, 3.63) is 68.5 Å². The van der Waals surface area contributed by atoms with E-state index in [2.05, 4.69) is 0 Å². The van der Waals surface area contributed by atoms with Gasteiger partial charge in [-0.2, -0.15) is 0 Å². The van der Waals surface area contributed by atoms with Gasteiger partial charge in [-0.05, 0) is 35.4 Å². The second-order valence-electron chi connectivity index (χ2n) is 5.00. The molecule has 0 aliphatic carbocycles. The zero-order valence-corrected chi connectivity index (χ0v) is 15.5. The topological polar surface area (TPSA) is 60.4 Å². The van der Waals surface area contributed by atoms with E-state index in [-0.39, 0.29) is 11.5 Å². The Labute approximate surface area is 163 Å². The maximum atomic E-state index is 12.7. The molecule has 3 rings (SSSR count). The number of nitrogens with zero attached hydrogens (tertiary/aromatic N) is 1. The van der Waals surface area contributed by atoms with Gasteiger partial charge in [-0.25, -0.2) is 0 Å². The van der Waals surface area contributed by atoms with Crippen molar-refractivity contribution in [2.24, 2.45) is 0 Å². The minimum absolute atomic E-state index is 0.0339. The normalized spacial score (nSPS) is 15.9. The van der Waals surface area contributed by atoms with E-state index < -0.39 is 5.97 Å². The number of anilines is 1. The van der Waals surface area contributed by atoms with Crippen LogP contribution in [0.2, 0.25) is 10.0 Å².